The summed E-state index contributed by atoms with van der Waals surface area (Å²) in [5.41, 5.74) is 4.15. The number of fused-ring (bicyclic) bond motifs is 3. The summed E-state index contributed by atoms with van der Waals surface area (Å²) >= 11 is 0. The Labute approximate surface area is 230 Å². The second-order valence-corrected chi connectivity index (χ2v) is 11.0. The van der Waals surface area contributed by atoms with Crippen molar-refractivity contribution in [3.8, 4) is 0 Å². The maximum Gasteiger partial charge on any atom is 0.389 e. The number of halogens is 3. The molecule has 0 atom stereocenters. The first kappa shape index (κ1) is 26.6. The number of hydrogen-bond donors (Lipinski definition) is 0. The van der Waals surface area contributed by atoms with Gasteiger partial charge in [0.15, 0.2) is 0 Å². The van der Waals surface area contributed by atoms with Crippen LogP contribution in [-0.4, -0.2) is 45.8 Å². The van der Waals surface area contributed by atoms with Crippen LogP contribution in [0.3, 0.4) is 0 Å². The Kier molecular flexibility index (Phi) is 6.68. The summed E-state index contributed by atoms with van der Waals surface area (Å²) in [6.07, 6.45) is -1.55. The van der Waals surface area contributed by atoms with E-state index in [2.05, 4.69) is 0 Å². The van der Waals surface area contributed by atoms with Crippen LogP contribution < -0.4 is 4.90 Å². The van der Waals surface area contributed by atoms with E-state index in [9.17, 15) is 22.8 Å². The van der Waals surface area contributed by atoms with Gasteiger partial charge in [-0.2, -0.15) is 13.2 Å². The molecule has 2 aromatic carbocycles. The van der Waals surface area contributed by atoms with Crippen molar-refractivity contribution in [1.82, 2.24) is 14.6 Å². The summed E-state index contributed by atoms with van der Waals surface area (Å²) in [5.74, 6) is 0.0369. The van der Waals surface area contributed by atoms with Crippen LogP contribution >= 0.6 is 0 Å². The summed E-state index contributed by atoms with van der Waals surface area (Å²) in [7, 11) is 0. The van der Waals surface area contributed by atoms with Crippen LogP contribution in [0, 0.1) is 6.92 Å². The van der Waals surface area contributed by atoms with Gasteiger partial charge in [-0.25, -0.2) is 9.78 Å². The molecule has 3 heterocycles. The predicted molar refractivity (Wildman–Crippen MR) is 142 cm³/mol. The van der Waals surface area contributed by atoms with E-state index in [-0.39, 0.29) is 38.5 Å². The van der Waals surface area contributed by atoms with Crippen LogP contribution in [0.2, 0.25) is 0 Å². The standard InChI is InChI=1S/C30H31F3N4O3/c1-20-12-13-22-25(16-20)37(28(39)29(22)18-35(19-29)40-27(38)21-8-3-2-4-9-21)17-26-34-23-10-5-6-11-24(23)36(26)15-7-14-30(31,32)33/h2-4,8-9,12-13,16H,5-7,10-11,14-15,17-19H2,1H3. The number of alkyl halides is 3. The molecule has 1 saturated heterocycles. The Morgan fingerprint density at radius 2 is 1.82 bits per heavy atom. The number of hydrogen-bond acceptors (Lipinski definition) is 5. The number of imidazole rings is 1. The second kappa shape index (κ2) is 10.1. The zero-order valence-corrected chi connectivity index (χ0v) is 22.3. The lowest BCUT2D eigenvalue weighted by Crippen LogP contribution is -2.63. The molecule has 3 aromatic rings. The van der Waals surface area contributed by atoms with Gasteiger partial charge in [-0.05, 0) is 68.4 Å². The van der Waals surface area contributed by atoms with Crippen LogP contribution in [0.5, 0.6) is 0 Å². The van der Waals surface area contributed by atoms with Crippen LogP contribution in [0.15, 0.2) is 48.5 Å². The highest BCUT2D eigenvalue weighted by molar-refractivity contribution is 6.09. The first-order valence-corrected chi connectivity index (χ1v) is 13.7. The third kappa shape index (κ3) is 4.78. The first-order chi connectivity index (χ1) is 19.1. The lowest BCUT2D eigenvalue weighted by molar-refractivity contribution is -0.187. The van der Waals surface area contributed by atoms with Gasteiger partial charge >= 0.3 is 12.1 Å². The average molecular weight is 553 g/mol. The number of nitrogens with zero attached hydrogens (tertiary/aromatic N) is 4. The topological polar surface area (TPSA) is 67.7 Å². The van der Waals surface area contributed by atoms with Gasteiger partial charge in [-0.3, -0.25) is 4.79 Å². The highest BCUT2D eigenvalue weighted by atomic mass is 19.4. The third-order valence-electron chi connectivity index (χ3n) is 8.18. The molecule has 0 bridgehead atoms. The van der Waals surface area contributed by atoms with E-state index < -0.39 is 24.0 Å². The minimum atomic E-state index is -4.21. The van der Waals surface area contributed by atoms with Crippen molar-refractivity contribution in [1.29, 1.82) is 0 Å². The van der Waals surface area contributed by atoms with Crippen LogP contribution in [-0.2, 0) is 41.0 Å². The summed E-state index contributed by atoms with van der Waals surface area (Å²) in [6.45, 7) is 2.81. The molecule has 0 radical (unpaired) electrons. The van der Waals surface area contributed by atoms with Crippen molar-refractivity contribution in [3.63, 3.8) is 0 Å². The Hall–Kier alpha value is -3.66. The van der Waals surface area contributed by atoms with Gasteiger partial charge < -0.3 is 14.3 Å². The summed E-state index contributed by atoms with van der Waals surface area (Å²) in [4.78, 5) is 38.7. The average Bonchev–Trinajstić information content (AvgIpc) is 3.36. The molecule has 0 saturated carbocycles. The number of rotatable bonds is 7. The van der Waals surface area contributed by atoms with Crippen molar-refractivity contribution < 1.29 is 27.6 Å². The van der Waals surface area contributed by atoms with E-state index in [0.29, 0.717) is 11.4 Å². The van der Waals surface area contributed by atoms with Gasteiger partial charge in [0.2, 0.25) is 5.91 Å². The quantitative estimate of drug-likeness (QED) is 0.399. The molecule has 1 amide bonds. The molecule has 1 fully saturated rings. The zero-order valence-electron chi connectivity index (χ0n) is 22.3. The number of carbonyl (C=O) groups excluding carboxylic acids is 2. The molecule has 2 aliphatic heterocycles. The van der Waals surface area contributed by atoms with Crippen molar-refractivity contribution in [2.24, 2.45) is 0 Å². The smallest absolute Gasteiger partial charge is 0.364 e. The van der Waals surface area contributed by atoms with Gasteiger partial charge in [0, 0.05) is 24.3 Å². The number of carbonyl (C=O) groups is 2. The van der Waals surface area contributed by atoms with Crippen LogP contribution in [0.4, 0.5) is 18.9 Å². The van der Waals surface area contributed by atoms with Crippen molar-refractivity contribution >= 4 is 17.6 Å². The highest BCUT2D eigenvalue weighted by Gasteiger charge is 2.59. The van der Waals surface area contributed by atoms with Crippen molar-refractivity contribution in [3.05, 3.63) is 82.4 Å². The number of hydroxylamine groups is 2. The maximum absolute atomic E-state index is 14.1. The highest BCUT2D eigenvalue weighted by Crippen LogP contribution is 2.48. The van der Waals surface area contributed by atoms with E-state index in [1.165, 1.54) is 5.06 Å². The van der Waals surface area contributed by atoms with E-state index in [4.69, 9.17) is 9.82 Å². The Balaban J connectivity index is 1.25. The molecule has 1 spiro atoms. The van der Waals surface area contributed by atoms with Gasteiger partial charge in [0.1, 0.15) is 11.2 Å². The van der Waals surface area contributed by atoms with Gasteiger partial charge in [-0.15, -0.1) is 5.06 Å². The van der Waals surface area contributed by atoms with E-state index in [1.54, 1.807) is 29.2 Å². The van der Waals surface area contributed by atoms with E-state index >= 15 is 0 Å². The Morgan fingerprint density at radius 3 is 2.58 bits per heavy atom. The largest absolute Gasteiger partial charge is 0.389 e. The molecule has 7 nitrogen and oxygen atoms in total. The predicted octanol–water partition coefficient (Wildman–Crippen LogP) is 5.29. The fourth-order valence-electron chi connectivity index (χ4n) is 6.20. The minimum absolute atomic E-state index is 0.0331. The van der Waals surface area contributed by atoms with Crippen LogP contribution in [0.25, 0.3) is 0 Å². The molecule has 0 N–H and O–H groups in total. The first-order valence-electron chi connectivity index (χ1n) is 13.7. The number of anilines is 1. The zero-order chi connectivity index (χ0) is 28.1. The molecule has 10 heteroatoms. The van der Waals surface area contributed by atoms with E-state index in [0.717, 1.165) is 53.9 Å². The number of benzene rings is 2. The lowest BCUT2D eigenvalue weighted by Gasteiger charge is -2.44. The summed E-state index contributed by atoms with van der Waals surface area (Å²) < 4.78 is 40.7. The third-order valence-corrected chi connectivity index (χ3v) is 8.18. The normalized spacial score (nSPS) is 18.0. The lowest BCUT2D eigenvalue weighted by atomic mass is 9.75. The molecule has 1 aliphatic carbocycles. The molecule has 40 heavy (non-hydrogen) atoms. The van der Waals surface area contributed by atoms with Crippen molar-refractivity contribution in [2.75, 3.05) is 18.0 Å². The molecule has 210 valence electrons. The van der Waals surface area contributed by atoms with Gasteiger partial charge in [0.25, 0.3) is 0 Å². The van der Waals surface area contributed by atoms with Gasteiger partial charge in [-0.1, -0.05) is 30.3 Å². The Morgan fingerprint density at radius 1 is 1.07 bits per heavy atom. The van der Waals surface area contributed by atoms with E-state index in [1.807, 2.05) is 35.8 Å². The molecule has 3 aliphatic rings. The molecular weight excluding hydrogens is 521 g/mol. The monoisotopic (exact) mass is 552 g/mol. The fourth-order valence-corrected chi connectivity index (χ4v) is 6.20. The summed E-state index contributed by atoms with van der Waals surface area (Å²) in [6, 6.07) is 14.6. The fraction of sp³-hybridized carbons (Fsp3) is 0.433. The van der Waals surface area contributed by atoms with Crippen LogP contribution in [0.1, 0.15) is 64.4 Å². The molecule has 1 aromatic heterocycles. The maximum atomic E-state index is 14.1. The number of aryl methyl sites for hydroxylation is 2. The molecule has 6 rings (SSSR count). The molecular formula is C30H31F3N4O3. The second-order valence-electron chi connectivity index (χ2n) is 11.0. The number of amides is 1. The molecule has 0 unspecified atom stereocenters. The summed E-state index contributed by atoms with van der Waals surface area (Å²) in [5, 5.41) is 1.51. The van der Waals surface area contributed by atoms with Crippen molar-refractivity contribution in [2.45, 2.75) is 70.1 Å². The van der Waals surface area contributed by atoms with Gasteiger partial charge in [0.05, 0.1) is 30.9 Å². The minimum Gasteiger partial charge on any atom is -0.364 e. The Bertz CT molecular complexity index is 1440. The SMILES string of the molecule is Cc1ccc2c(c1)N(Cc1nc3c(n1CCCC(F)(F)F)CCCC3)C(=O)C21CN(OC(=O)c2ccccc2)C1. The number of aromatic nitrogens is 2.